The van der Waals surface area contributed by atoms with Crippen molar-refractivity contribution in [1.29, 1.82) is 0 Å². The number of carbonyl (C=O) groups is 5. The van der Waals surface area contributed by atoms with Gasteiger partial charge in [-0.1, -0.05) is 50.6 Å². The second kappa shape index (κ2) is 13.1. The summed E-state index contributed by atoms with van der Waals surface area (Å²) in [7, 11) is 0. The summed E-state index contributed by atoms with van der Waals surface area (Å²) in [6, 6.07) is 5.25. The van der Waals surface area contributed by atoms with Crippen LogP contribution in [0.4, 0.5) is 0 Å². The van der Waals surface area contributed by atoms with E-state index in [1.807, 2.05) is 12.2 Å². The first kappa shape index (κ1) is 26.6. The molecule has 0 radical (unpaired) electrons. The number of hydrogen-bond donors (Lipinski definition) is 6. The smallest absolute Gasteiger partial charge is 0.322 e. The van der Waals surface area contributed by atoms with Crippen LogP contribution < -0.4 is 21.7 Å². The zero-order valence-corrected chi connectivity index (χ0v) is 18.0. The Morgan fingerprint density at radius 3 is 2.03 bits per heavy atom. The number of nitrogens with one attached hydrogen (secondary N) is 3. The first-order valence-electron chi connectivity index (χ1n) is 10.2. The van der Waals surface area contributed by atoms with Crippen molar-refractivity contribution >= 4 is 29.7 Å². The first-order valence-corrected chi connectivity index (χ1v) is 10.2. The molecule has 0 heterocycles. The molecule has 11 heteroatoms. The standard InChI is InChI=1S/C21H30N4O7/c1-3-12(2)18(22)21(32)25-14(9-13-7-5-4-6-8-13)20(31)24-15(10-16(26)27)19(30)23-11-17(28)29/h4-8,12,14-15,18H,3,9-11,22H2,1-2H3,(H,23,30)(H,24,31)(H,25,32)(H,26,27)(H,28,29). The maximum atomic E-state index is 12.9. The lowest BCUT2D eigenvalue weighted by Crippen LogP contribution is -2.57. The molecule has 32 heavy (non-hydrogen) atoms. The van der Waals surface area contributed by atoms with Crippen LogP contribution in [0.25, 0.3) is 0 Å². The average Bonchev–Trinajstić information content (AvgIpc) is 2.75. The third-order valence-electron chi connectivity index (χ3n) is 4.90. The van der Waals surface area contributed by atoms with Gasteiger partial charge in [0.1, 0.15) is 18.6 Å². The molecule has 7 N–H and O–H groups in total. The fraction of sp³-hybridized carbons (Fsp3) is 0.476. The van der Waals surface area contributed by atoms with Crippen molar-refractivity contribution in [3.63, 3.8) is 0 Å². The molecule has 4 atom stereocenters. The second-order valence-corrected chi connectivity index (χ2v) is 7.43. The highest BCUT2D eigenvalue weighted by atomic mass is 16.4. The molecule has 4 unspecified atom stereocenters. The number of amides is 3. The van der Waals surface area contributed by atoms with E-state index in [0.717, 1.165) is 5.56 Å². The molecule has 1 aromatic carbocycles. The van der Waals surface area contributed by atoms with Crippen LogP contribution in [0.15, 0.2) is 30.3 Å². The lowest BCUT2D eigenvalue weighted by atomic mass is 9.98. The maximum absolute atomic E-state index is 12.9. The summed E-state index contributed by atoms with van der Waals surface area (Å²) in [5.41, 5.74) is 6.67. The fourth-order valence-electron chi connectivity index (χ4n) is 2.78. The molecule has 0 aliphatic heterocycles. The van der Waals surface area contributed by atoms with Crippen LogP contribution in [0.5, 0.6) is 0 Å². The predicted molar refractivity (Wildman–Crippen MR) is 114 cm³/mol. The Hall–Kier alpha value is -3.47. The molecule has 1 aromatic rings. The Kier molecular flexibility index (Phi) is 10.8. The zero-order chi connectivity index (χ0) is 24.3. The molecule has 0 aliphatic rings. The fourth-order valence-corrected chi connectivity index (χ4v) is 2.78. The number of rotatable bonds is 13. The Morgan fingerprint density at radius 1 is 0.906 bits per heavy atom. The molecule has 3 amide bonds. The minimum Gasteiger partial charge on any atom is -0.481 e. The maximum Gasteiger partial charge on any atom is 0.322 e. The van der Waals surface area contributed by atoms with Gasteiger partial charge in [0.15, 0.2) is 0 Å². The quantitative estimate of drug-likeness (QED) is 0.226. The topological polar surface area (TPSA) is 188 Å². The summed E-state index contributed by atoms with van der Waals surface area (Å²) in [5.74, 6) is -5.16. The largest absolute Gasteiger partial charge is 0.481 e. The van der Waals surface area contributed by atoms with E-state index in [4.69, 9.17) is 15.9 Å². The first-order chi connectivity index (χ1) is 15.0. The Morgan fingerprint density at radius 2 is 1.50 bits per heavy atom. The number of carbonyl (C=O) groups excluding carboxylic acids is 3. The van der Waals surface area contributed by atoms with Gasteiger partial charge in [0.05, 0.1) is 12.5 Å². The van der Waals surface area contributed by atoms with Crippen molar-refractivity contribution in [3.8, 4) is 0 Å². The molecule has 176 valence electrons. The van der Waals surface area contributed by atoms with Crippen molar-refractivity contribution < 1.29 is 34.2 Å². The third kappa shape index (κ3) is 9.13. The van der Waals surface area contributed by atoms with E-state index < -0.39 is 60.8 Å². The number of hydrogen-bond acceptors (Lipinski definition) is 6. The van der Waals surface area contributed by atoms with E-state index in [0.29, 0.717) is 6.42 Å². The van der Waals surface area contributed by atoms with Crippen LogP contribution in [0.1, 0.15) is 32.3 Å². The van der Waals surface area contributed by atoms with E-state index in [2.05, 4.69) is 10.6 Å². The average molecular weight is 450 g/mol. The predicted octanol–water partition coefficient (Wildman–Crippen LogP) is -0.752. The van der Waals surface area contributed by atoms with E-state index in [9.17, 15) is 24.0 Å². The summed E-state index contributed by atoms with van der Waals surface area (Å²) >= 11 is 0. The molecule has 0 bridgehead atoms. The third-order valence-corrected chi connectivity index (χ3v) is 4.90. The molecule has 0 aromatic heterocycles. The lowest BCUT2D eigenvalue weighted by Gasteiger charge is -2.25. The van der Waals surface area contributed by atoms with Crippen LogP contribution in [-0.4, -0.2) is 64.5 Å². The molecular weight excluding hydrogens is 420 g/mol. The Labute approximate surface area is 185 Å². The van der Waals surface area contributed by atoms with Crippen molar-refractivity contribution in [2.24, 2.45) is 11.7 Å². The molecule has 0 aliphatic carbocycles. The van der Waals surface area contributed by atoms with Crippen molar-refractivity contribution in [2.75, 3.05) is 6.54 Å². The van der Waals surface area contributed by atoms with Gasteiger partial charge >= 0.3 is 11.9 Å². The molecule has 0 spiro atoms. The summed E-state index contributed by atoms with van der Waals surface area (Å²) in [6.07, 6.45) is -0.0493. The Bertz CT molecular complexity index is 816. The van der Waals surface area contributed by atoms with Crippen LogP contribution >= 0.6 is 0 Å². The van der Waals surface area contributed by atoms with Gasteiger partial charge in [-0.25, -0.2) is 0 Å². The SMILES string of the molecule is CCC(C)C(N)C(=O)NC(Cc1ccccc1)C(=O)NC(CC(=O)O)C(=O)NCC(=O)O. The molecule has 0 saturated carbocycles. The normalized spacial score (nSPS) is 14.3. The van der Waals surface area contributed by atoms with Gasteiger partial charge in [0.25, 0.3) is 0 Å². The zero-order valence-electron chi connectivity index (χ0n) is 18.0. The van der Waals surface area contributed by atoms with Crippen LogP contribution in [0.2, 0.25) is 0 Å². The van der Waals surface area contributed by atoms with E-state index in [1.54, 1.807) is 37.3 Å². The monoisotopic (exact) mass is 450 g/mol. The summed E-state index contributed by atoms with van der Waals surface area (Å²) < 4.78 is 0. The number of nitrogens with two attached hydrogens (primary N) is 1. The molecule has 0 saturated heterocycles. The van der Waals surface area contributed by atoms with Crippen molar-refractivity contribution in [3.05, 3.63) is 35.9 Å². The molecule has 1 rings (SSSR count). The highest BCUT2D eigenvalue weighted by Crippen LogP contribution is 2.08. The van der Waals surface area contributed by atoms with Gasteiger partial charge in [-0.15, -0.1) is 0 Å². The highest BCUT2D eigenvalue weighted by Gasteiger charge is 2.30. The van der Waals surface area contributed by atoms with E-state index in [1.165, 1.54) is 0 Å². The van der Waals surface area contributed by atoms with E-state index >= 15 is 0 Å². The van der Waals surface area contributed by atoms with Crippen molar-refractivity contribution in [1.82, 2.24) is 16.0 Å². The van der Waals surface area contributed by atoms with Crippen LogP contribution in [0.3, 0.4) is 0 Å². The minimum absolute atomic E-state index is 0.0716. The van der Waals surface area contributed by atoms with Crippen molar-refractivity contribution in [2.45, 2.75) is 51.2 Å². The van der Waals surface area contributed by atoms with Gasteiger partial charge < -0.3 is 31.9 Å². The summed E-state index contributed by atoms with van der Waals surface area (Å²) in [5, 5.41) is 24.7. The molecular formula is C21H30N4O7. The van der Waals surface area contributed by atoms with Gasteiger partial charge in [-0.05, 0) is 11.5 Å². The highest BCUT2D eigenvalue weighted by molar-refractivity contribution is 5.95. The van der Waals surface area contributed by atoms with Gasteiger partial charge in [-0.3, -0.25) is 24.0 Å². The van der Waals surface area contributed by atoms with Gasteiger partial charge in [-0.2, -0.15) is 0 Å². The summed E-state index contributed by atoms with van der Waals surface area (Å²) in [4.78, 5) is 59.5. The number of aliphatic carboxylic acids is 2. The number of benzene rings is 1. The van der Waals surface area contributed by atoms with Crippen LogP contribution in [0, 0.1) is 5.92 Å². The summed E-state index contributed by atoms with van der Waals surface area (Å²) in [6.45, 7) is 2.93. The van der Waals surface area contributed by atoms with Gasteiger partial charge in [0.2, 0.25) is 17.7 Å². The van der Waals surface area contributed by atoms with Crippen LogP contribution in [-0.2, 0) is 30.4 Å². The minimum atomic E-state index is -1.53. The van der Waals surface area contributed by atoms with E-state index in [-0.39, 0.29) is 12.3 Å². The number of carboxylic acids is 2. The lowest BCUT2D eigenvalue weighted by molar-refractivity contribution is -0.141. The Balaban J connectivity index is 3.04. The molecule has 11 nitrogen and oxygen atoms in total. The number of carboxylic acid groups (broad SMARTS) is 2. The molecule has 0 fully saturated rings. The second-order valence-electron chi connectivity index (χ2n) is 7.43. The van der Waals surface area contributed by atoms with Gasteiger partial charge in [0, 0.05) is 6.42 Å².